The number of carboxylic acid groups (broad SMARTS) is 1. The third kappa shape index (κ3) is 7.97. The van der Waals surface area contributed by atoms with Crippen molar-refractivity contribution in [1.82, 2.24) is 5.32 Å². The van der Waals surface area contributed by atoms with E-state index < -0.39 is 23.4 Å². The van der Waals surface area contributed by atoms with Crippen LogP contribution < -0.4 is 5.32 Å². The molecule has 0 heterocycles. The molecule has 23 heavy (non-hydrogen) atoms. The Kier molecular flexibility index (Phi) is 9.48. The zero-order chi connectivity index (χ0) is 18.0. The van der Waals surface area contributed by atoms with Crippen LogP contribution >= 0.6 is 0 Å². The largest absolute Gasteiger partial charge is 0.481 e. The number of carbonyl (C=O) groups excluding carboxylic acids is 2. The molecule has 0 bridgehead atoms. The Hall–Kier alpha value is -1.63. The molecule has 134 valence electrons. The van der Waals surface area contributed by atoms with Crippen molar-refractivity contribution in [1.29, 1.82) is 0 Å². The van der Waals surface area contributed by atoms with Crippen LogP contribution in [0.5, 0.6) is 0 Å². The molecule has 1 unspecified atom stereocenters. The van der Waals surface area contributed by atoms with E-state index in [4.69, 9.17) is 9.84 Å². The van der Waals surface area contributed by atoms with Gasteiger partial charge in [0.15, 0.2) is 0 Å². The van der Waals surface area contributed by atoms with Gasteiger partial charge < -0.3 is 20.3 Å². The van der Waals surface area contributed by atoms with Gasteiger partial charge in [-0.25, -0.2) is 0 Å². The Balaban J connectivity index is 4.36. The van der Waals surface area contributed by atoms with Gasteiger partial charge in [-0.15, -0.1) is 0 Å². The molecular formula is C16H29NO6. The zero-order valence-corrected chi connectivity index (χ0v) is 14.4. The molecule has 0 fully saturated rings. The van der Waals surface area contributed by atoms with Crippen molar-refractivity contribution in [2.75, 3.05) is 13.2 Å². The molecule has 1 amide bonds. The first-order valence-electron chi connectivity index (χ1n) is 7.99. The highest BCUT2D eigenvalue weighted by molar-refractivity contribution is 5.81. The minimum atomic E-state index is -1.35. The predicted octanol–water partition coefficient (Wildman–Crippen LogP) is 1.33. The molecular weight excluding hydrogens is 302 g/mol. The molecule has 0 aromatic carbocycles. The lowest BCUT2D eigenvalue weighted by molar-refractivity contribution is -0.157. The fourth-order valence-corrected chi connectivity index (χ4v) is 1.98. The number of aliphatic carboxylic acids is 1. The van der Waals surface area contributed by atoms with Crippen LogP contribution in [0.3, 0.4) is 0 Å². The van der Waals surface area contributed by atoms with Crippen molar-refractivity contribution in [2.45, 2.75) is 59.5 Å². The minimum Gasteiger partial charge on any atom is -0.481 e. The maximum atomic E-state index is 11.9. The van der Waals surface area contributed by atoms with E-state index in [1.807, 2.05) is 13.8 Å². The summed E-state index contributed by atoms with van der Waals surface area (Å²) in [5.41, 5.74) is -0.932. The van der Waals surface area contributed by atoms with E-state index in [0.29, 0.717) is 12.8 Å². The van der Waals surface area contributed by atoms with Gasteiger partial charge in [0.2, 0.25) is 5.91 Å². The monoisotopic (exact) mass is 331 g/mol. The van der Waals surface area contributed by atoms with Crippen LogP contribution in [0, 0.1) is 11.3 Å². The SMILES string of the molecule is CCC(CC)C(=O)OCC(C)(C)C(O)C(=O)NCCCC(=O)O. The summed E-state index contributed by atoms with van der Waals surface area (Å²) >= 11 is 0. The van der Waals surface area contributed by atoms with Crippen LogP contribution in [0.25, 0.3) is 0 Å². The predicted molar refractivity (Wildman–Crippen MR) is 84.7 cm³/mol. The maximum Gasteiger partial charge on any atom is 0.308 e. The molecule has 0 aromatic heterocycles. The van der Waals surface area contributed by atoms with E-state index in [0.717, 1.165) is 0 Å². The van der Waals surface area contributed by atoms with E-state index in [9.17, 15) is 19.5 Å². The number of ether oxygens (including phenoxy) is 1. The average molecular weight is 331 g/mol. The van der Waals surface area contributed by atoms with Gasteiger partial charge in [0.1, 0.15) is 6.10 Å². The van der Waals surface area contributed by atoms with Crippen LogP contribution in [-0.2, 0) is 19.1 Å². The molecule has 0 rings (SSSR count). The number of aliphatic hydroxyl groups is 1. The van der Waals surface area contributed by atoms with E-state index in [1.54, 1.807) is 13.8 Å². The Morgan fingerprint density at radius 3 is 2.22 bits per heavy atom. The van der Waals surface area contributed by atoms with Gasteiger partial charge >= 0.3 is 11.9 Å². The molecule has 3 N–H and O–H groups in total. The minimum absolute atomic E-state index is 0.0488. The first-order valence-corrected chi connectivity index (χ1v) is 7.99. The van der Waals surface area contributed by atoms with Crippen molar-refractivity contribution in [3.63, 3.8) is 0 Å². The van der Waals surface area contributed by atoms with Crippen molar-refractivity contribution in [2.24, 2.45) is 11.3 Å². The Labute approximate surface area is 137 Å². The van der Waals surface area contributed by atoms with Gasteiger partial charge in [0.05, 0.1) is 12.5 Å². The van der Waals surface area contributed by atoms with Gasteiger partial charge in [0, 0.05) is 18.4 Å². The molecule has 0 aliphatic rings. The highest BCUT2D eigenvalue weighted by Crippen LogP contribution is 2.22. The molecule has 0 aliphatic carbocycles. The summed E-state index contributed by atoms with van der Waals surface area (Å²) in [5, 5.41) is 21.1. The Morgan fingerprint density at radius 2 is 1.74 bits per heavy atom. The van der Waals surface area contributed by atoms with Crippen molar-refractivity contribution in [3.8, 4) is 0 Å². The lowest BCUT2D eigenvalue weighted by Gasteiger charge is -2.29. The van der Waals surface area contributed by atoms with E-state index in [-0.39, 0.29) is 37.9 Å². The third-order valence-corrected chi connectivity index (χ3v) is 3.76. The van der Waals surface area contributed by atoms with Crippen molar-refractivity contribution < 1.29 is 29.3 Å². The van der Waals surface area contributed by atoms with E-state index in [1.165, 1.54) is 0 Å². The van der Waals surface area contributed by atoms with E-state index >= 15 is 0 Å². The Morgan fingerprint density at radius 1 is 1.17 bits per heavy atom. The van der Waals surface area contributed by atoms with Gasteiger partial charge in [-0.3, -0.25) is 14.4 Å². The molecule has 0 aliphatic heterocycles. The first-order chi connectivity index (χ1) is 10.7. The zero-order valence-electron chi connectivity index (χ0n) is 14.4. The molecule has 0 saturated heterocycles. The number of carbonyl (C=O) groups is 3. The summed E-state index contributed by atoms with van der Waals surface area (Å²) in [6.07, 6.45) is 0.261. The number of nitrogens with one attached hydrogen (secondary N) is 1. The normalized spacial score (nSPS) is 12.8. The van der Waals surface area contributed by atoms with E-state index in [2.05, 4.69) is 5.32 Å². The summed E-state index contributed by atoms with van der Waals surface area (Å²) in [5.74, 6) is -2.03. The molecule has 7 heteroatoms. The lowest BCUT2D eigenvalue weighted by Crippen LogP contribution is -2.46. The van der Waals surface area contributed by atoms with Crippen LogP contribution in [0.2, 0.25) is 0 Å². The number of hydrogen-bond donors (Lipinski definition) is 3. The van der Waals surface area contributed by atoms with Gasteiger partial charge in [-0.2, -0.15) is 0 Å². The van der Waals surface area contributed by atoms with Crippen LogP contribution in [0.4, 0.5) is 0 Å². The quantitative estimate of drug-likeness (QED) is 0.389. The standard InChI is InChI=1S/C16H29NO6/c1-5-11(6-2)15(22)23-10-16(3,4)13(20)14(21)17-9-7-8-12(18)19/h11,13,20H,5-10H2,1-4H3,(H,17,21)(H,18,19). The number of amides is 1. The number of rotatable bonds is 11. The topological polar surface area (TPSA) is 113 Å². The molecule has 0 radical (unpaired) electrons. The third-order valence-electron chi connectivity index (χ3n) is 3.76. The summed E-state index contributed by atoms with van der Waals surface area (Å²) < 4.78 is 5.22. The molecule has 1 atom stereocenters. The smallest absolute Gasteiger partial charge is 0.308 e. The van der Waals surface area contributed by atoms with Crippen LogP contribution in [0.1, 0.15) is 53.4 Å². The second-order valence-electron chi connectivity index (χ2n) is 6.30. The van der Waals surface area contributed by atoms with Gasteiger partial charge in [0.25, 0.3) is 0 Å². The second-order valence-corrected chi connectivity index (χ2v) is 6.30. The van der Waals surface area contributed by atoms with Gasteiger partial charge in [-0.05, 0) is 19.3 Å². The molecule has 7 nitrogen and oxygen atoms in total. The number of aliphatic hydroxyl groups excluding tert-OH is 1. The fourth-order valence-electron chi connectivity index (χ4n) is 1.98. The number of esters is 1. The highest BCUT2D eigenvalue weighted by atomic mass is 16.5. The van der Waals surface area contributed by atoms with Crippen molar-refractivity contribution in [3.05, 3.63) is 0 Å². The summed E-state index contributed by atoms with van der Waals surface area (Å²) in [4.78, 5) is 34.1. The molecule has 0 saturated carbocycles. The molecule has 0 aromatic rings. The average Bonchev–Trinajstić information content (AvgIpc) is 2.49. The number of carboxylic acids is 1. The summed E-state index contributed by atoms with van der Waals surface area (Å²) in [7, 11) is 0. The van der Waals surface area contributed by atoms with Crippen LogP contribution in [0.15, 0.2) is 0 Å². The molecule has 0 spiro atoms. The Bertz CT molecular complexity index is 403. The summed E-state index contributed by atoms with van der Waals surface area (Å²) in [6.45, 7) is 7.18. The first kappa shape index (κ1) is 21.4. The van der Waals surface area contributed by atoms with Gasteiger partial charge in [-0.1, -0.05) is 27.7 Å². The lowest BCUT2D eigenvalue weighted by atomic mass is 9.87. The maximum absolute atomic E-state index is 11.9. The second kappa shape index (κ2) is 10.2. The van der Waals surface area contributed by atoms with Crippen LogP contribution in [-0.4, -0.2) is 47.3 Å². The van der Waals surface area contributed by atoms with Crippen molar-refractivity contribution >= 4 is 17.8 Å². The highest BCUT2D eigenvalue weighted by Gasteiger charge is 2.35. The summed E-state index contributed by atoms with van der Waals surface area (Å²) in [6, 6.07) is 0. The fraction of sp³-hybridized carbons (Fsp3) is 0.812. The number of hydrogen-bond acceptors (Lipinski definition) is 5.